The number of terminal acetylenes is 1. The van der Waals surface area contributed by atoms with Gasteiger partial charge in [0.1, 0.15) is 12.6 Å². The second-order valence-corrected chi connectivity index (χ2v) is 10.3. The number of carbonyl (C=O) groups is 3. The van der Waals surface area contributed by atoms with Gasteiger partial charge in [0.25, 0.3) is 0 Å². The van der Waals surface area contributed by atoms with Crippen LogP contribution in [0.25, 0.3) is 11.1 Å². The maximum Gasteiger partial charge on any atom is 0.407 e. The molecule has 1 heterocycles. The summed E-state index contributed by atoms with van der Waals surface area (Å²) in [6.45, 7) is 1.28. The van der Waals surface area contributed by atoms with E-state index in [4.69, 9.17) is 11.2 Å². The molecule has 1 aliphatic carbocycles. The van der Waals surface area contributed by atoms with E-state index in [-0.39, 0.29) is 31.9 Å². The Morgan fingerprint density at radius 3 is 2.25 bits per heavy atom. The second kappa shape index (κ2) is 11.6. The van der Waals surface area contributed by atoms with E-state index in [1.54, 1.807) is 0 Å². The topological polar surface area (TPSA) is 108 Å². The van der Waals surface area contributed by atoms with Crippen molar-refractivity contribution < 1.29 is 24.2 Å². The SMILES string of the molecule is C#CCC(NC(=O)OCC1c2ccccc2-c2ccccc21)C(=O)NC1(C(=O)O)CCN(Cc2ccccc2)C1. The zero-order valence-corrected chi connectivity index (χ0v) is 22.0. The first kappa shape index (κ1) is 27.0. The average Bonchev–Trinajstić information content (AvgIpc) is 3.51. The monoisotopic (exact) mass is 537 g/mol. The Morgan fingerprint density at radius 1 is 1.00 bits per heavy atom. The summed E-state index contributed by atoms with van der Waals surface area (Å²) in [5.74, 6) is 0.475. The van der Waals surface area contributed by atoms with Crippen LogP contribution in [0.1, 0.15) is 35.4 Å². The molecule has 1 saturated heterocycles. The summed E-state index contributed by atoms with van der Waals surface area (Å²) in [6, 6.07) is 24.6. The van der Waals surface area contributed by atoms with Gasteiger partial charge in [-0.3, -0.25) is 9.69 Å². The van der Waals surface area contributed by atoms with Crippen LogP contribution in [-0.4, -0.2) is 59.3 Å². The van der Waals surface area contributed by atoms with Gasteiger partial charge in [-0.25, -0.2) is 9.59 Å². The van der Waals surface area contributed by atoms with E-state index in [0.29, 0.717) is 13.1 Å². The minimum Gasteiger partial charge on any atom is -0.479 e. The van der Waals surface area contributed by atoms with Gasteiger partial charge in [0.2, 0.25) is 5.91 Å². The molecule has 2 amide bonds. The Bertz CT molecular complexity index is 1400. The first-order valence-electron chi connectivity index (χ1n) is 13.3. The van der Waals surface area contributed by atoms with Crippen LogP contribution in [0.4, 0.5) is 4.79 Å². The molecule has 3 aromatic carbocycles. The number of carbonyl (C=O) groups excluding carboxylic acids is 2. The second-order valence-electron chi connectivity index (χ2n) is 10.3. The molecule has 8 nitrogen and oxygen atoms in total. The normalized spacial score (nSPS) is 18.7. The fourth-order valence-corrected chi connectivity index (χ4v) is 5.63. The molecule has 40 heavy (non-hydrogen) atoms. The van der Waals surface area contributed by atoms with Crippen molar-refractivity contribution in [1.82, 2.24) is 15.5 Å². The van der Waals surface area contributed by atoms with E-state index < -0.39 is 29.6 Å². The highest BCUT2D eigenvalue weighted by Gasteiger charge is 2.47. The minimum atomic E-state index is -1.48. The number of ether oxygens (including phenoxy) is 1. The zero-order chi connectivity index (χ0) is 28.1. The molecule has 1 aliphatic heterocycles. The van der Waals surface area contributed by atoms with E-state index in [9.17, 15) is 19.5 Å². The molecule has 0 spiro atoms. The summed E-state index contributed by atoms with van der Waals surface area (Å²) in [4.78, 5) is 40.3. The first-order valence-corrected chi connectivity index (χ1v) is 13.3. The van der Waals surface area contributed by atoms with Crippen LogP contribution in [0, 0.1) is 12.3 Å². The molecule has 2 atom stereocenters. The fourth-order valence-electron chi connectivity index (χ4n) is 5.63. The Labute approximate surface area is 233 Å². The van der Waals surface area contributed by atoms with Gasteiger partial charge in [0.05, 0.1) is 0 Å². The molecule has 0 radical (unpaired) electrons. The number of alkyl carbamates (subject to hydrolysis) is 1. The molecule has 8 heteroatoms. The van der Waals surface area contributed by atoms with Crippen LogP contribution in [0.5, 0.6) is 0 Å². The Morgan fingerprint density at radius 2 is 1.62 bits per heavy atom. The number of nitrogens with one attached hydrogen (secondary N) is 2. The molecular weight excluding hydrogens is 506 g/mol. The molecule has 5 rings (SSSR count). The number of nitrogens with zero attached hydrogens (tertiary/aromatic N) is 1. The predicted molar refractivity (Wildman–Crippen MR) is 150 cm³/mol. The molecule has 1 fully saturated rings. The lowest BCUT2D eigenvalue weighted by Crippen LogP contribution is -2.60. The number of aliphatic carboxylic acids is 1. The van der Waals surface area contributed by atoms with Crippen LogP contribution in [0.2, 0.25) is 0 Å². The Hall–Kier alpha value is -4.61. The molecule has 3 aromatic rings. The smallest absolute Gasteiger partial charge is 0.407 e. The van der Waals surface area contributed by atoms with Gasteiger partial charge in [-0.2, -0.15) is 0 Å². The van der Waals surface area contributed by atoms with E-state index in [1.807, 2.05) is 83.8 Å². The third kappa shape index (κ3) is 5.56. The summed E-state index contributed by atoms with van der Waals surface area (Å²) >= 11 is 0. The van der Waals surface area contributed by atoms with Crippen molar-refractivity contribution in [1.29, 1.82) is 0 Å². The third-order valence-electron chi connectivity index (χ3n) is 7.64. The van der Waals surface area contributed by atoms with Gasteiger partial charge in [-0.15, -0.1) is 12.3 Å². The number of amides is 2. The number of hydrogen-bond acceptors (Lipinski definition) is 5. The fraction of sp³-hybridized carbons (Fsp3) is 0.281. The van der Waals surface area contributed by atoms with E-state index in [2.05, 4.69) is 16.6 Å². The minimum absolute atomic E-state index is 0.0811. The van der Waals surface area contributed by atoms with Crippen molar-refractivity contribution in [3.63, 3.8) is 0 Å². The average molecular weight is 538 g/mol. The van der Waals surface area contributed by atoms with Crippen molar-refractivity contribution >= 4 is 18.0 Å². The van der Waals surface area contributed by atoms with E-state index >= 15 is 0 Å². The van der Waals surface area contributed by atoms with E-state index in [0.717, 1.165) is 27.8 Å². The van der Waals surface area contributed by atoms with Crippen molar-refractivity contribution in [2.75, 3.05) is 19.7 Å². The highest BCUT2D eigenvalue weighted by atomic mass is 16.5. The highest BCUT2D eigenvalue weighted by molar-refractivity contribution is 5.92. The lowest BCUT2D eigenvalue weighted by molar-refractivity contribution is -0.147. The van der Waals surface area contributed by atoms with Crippen LogP contribution in [-0.2, 0) is 20.9 Å². The predicted octanol–water partition coefficient (Wildman–Crippen LogP) is 3.76. The largest absolute Gasteiger partial charge is 0.479 e. The summed E-state index contributed by atoms with van der Waals surface area (Å²) < 4.78 is 5.57. The molecule has 0 aromatic heterocycles. The lowest BCUT2D eigenvalue weighted by Gasteiger charge is -2.28. The molecule has 0 saturated carbocycles. The highest BCUT2D eigenvalue weighted by Crippen LogP contribution is 2.44. The summed E-state index contributed by atoms with van der Waals surface area (Å²) in [6.07, 6.45) is 4.81. The standard InChI is InChI=1S/C32H31N3O5/c1-2-10-28(29(36)34-32(30(37)38)17-18-35(21-32)19-22-11-4-3-5-12-22)33-31(39)40-20-27-25-15-8-6-13-23(25)24-14-7-9-16-26(24)27/h1,3-9,11-16,27-28H,10,17-21H2,(H,33,39)(H,34,36)(H,37,38). The number of hydrogen-bond donors (Lipinski definition) is 3. The number of rotatable bonds is 9. The summed E-state index contributed by atoms with van der Waals surface area (Å²) in [5, 5.41) is 15.3. The summed E-state index contributed by atoms with van der Waals surface area (Å²) in [5.41, 5.74) is 3.92. The van der Waals surface area contributed by atoms with Crippen molar-refractivity contribution in [2.45, 2.75) is 36.9 Å². The zero-order valence-electron chi connectivity index (χ0n) is 22.0. The van der Waals surface area contributed by atoms with Crippen LogP contribution in [0.3, 0.4) is 0 Å². The maximum atomic E-state index is 13.2. The maximum absolute atomic E-state index is 13.2. The first-order chi connectivity index (χ1) is 19.4. The third-order valence-corrected chi connectivity index (χ3v) is 7.64. The van der Waals surface area contributed by atoms with Crippen molar-refractivity contribution in [2.24, 2.45) is 0 Å². The van der Waals surface area contributed by atoms with Gasteiger partial charge in [0, 0.05) is 32.0 Å². The Kier molecular flexibility index (Phi) is 7.85. The summed E-state index contributed by atoms with van der Waals surface area (Å²) in [7, 11) is 0. The quantitative estimate of drug-likeness (QED) is 0.359. The van der Waals surface area contributed by atoms with Gasteiger partial charge in [-0.1, -0.05) is 78.9 Å². The number of likely N-dealkylation sites (tertiary alicyclic amines) is 1. The van der Waals surface area contributed by atoms with Crippen LogP contribution in [0.15, 0.2) is 78.9 Å². The molecule has 2 unspecified atom stereocenters. The number of benzene rings is 3. The molecular formula is C32H31N3O5. The number of fused-ring (bicyclic) bond motifs is 3. The van der Waals surface area contributed by atoms with Crippen LogP contribution >= 0.6 is 0 Å². The number of carboxylic acids is 1. The van der Waals surface area contributed by atoms with Gasteiger partial charge >= 0.3 is 12.1 Å². The Balaban J connectivity index is 1.22. The molecule has 2 aliphatic rings. The lowest BCUT2D eigenvalue weighted by atomic mass is 9.97. The van der Waals surface area contributed by atoms with Gasteiger partial charge in [-0.05, 0) is 34.2 Å². The molecule has 204 valence electrons. The van der Waals surface area contributed by atoms with E-state index in [1.165, 1.54) is 0 Å². The van der Waals surface area contributed by atoms with Crippen LogP contribution < -0.4 is 10.6 Å². The van der Waals surface area contributed by atoms with Gasteiger partial charge < -0.3 is 20.5 Å². The van der Waals surface area contributed by atoms with Crippen molar-refractivity contribution in [3.05, 3.63) is 95.6 Å². The van der Waals surface area contributed by atoms with Gasteiger partial charge in [0.15, 0.2) is 5.54 Å². The number of carboxylic acid groups (broad SMARTS) is 1. The molecule has 3 N–H and O–H groups in total. The van der Waals surface area contributed by atoms with Crippen molar-refractivity contribution in [3.8, 4) is 23.5 Å². The molecule has 0 bridgehead atoms.